The van der Waals surface area contributed by atoms with Crippen LogP contribution in [0.5, 0.6) is 0 Å². The van der Waals surface area contributed by atoms with Gasteiger partial charge in [-0.2, -0.15) is 0 Å². The first-order chi connectivity index (χ1) is 10.1. The molecule has 1 atom stereocenters. The van der Waals surface area contributed by atoms with Crippen LogP contribution in [0.3, 0.4) is 0 Å². The third kappa shape index (κ3) is 2.95. The van der Waals surface area contributed by atoms with E-state index >= 15 is 0 Å². The van der Waals surface area contributed by atoms with Crippen molar-refractivity contribution in [3.8, 4) is 0 Å². The second-order valence-corrected chi connectivity index (χ2v) is 6.62. The van der Waals surface area contributed by atoms with E-state index in [-0.39, 0.29) is 23.9 Å². The van der Waals surface area contributed by atoms with E-state index in [1.807, 2.05) is 4.90 Å². The number of hydrogen-bond donors (Lipinski definition) is 1. The van der Waals surface area contributed by atoms with Gasteiger partial charge in [0.2, 0.25) is 11.8 Å². The zero-order valence-corrected chi connectivity index (χ0v) is 13.8. The highest BCUT2D eigenvalue weighted by atomic mass is 16.2. The molecule has 120 valence electrons. The van der Waals surface area contributed by atoms with E-state index in [4.69, 9.17) is 0 Å². The van der Waals surface area contributed by atoms with Crippen LogP contribution in [0.25, 0.3) is 0 Å². The van der Waals surface area contributed by atoms with Crippen molar-refractivity contribution in [2.45, 2.75) is 96.2 Å². The fourth-order valence-electron chi connectivity index (χ4n) is 4.03. The molecule has 0 aromatic carbocycles. The summed E-state index contributed by atoms with van der Waals surface area (Å²) in [5.74, 6) is 0.263. The quantitative estimate of drug-likeness (QED) is 0.847. The Morgan fingerprint density at radius 2 is 1.76 bits per heavy atom. The smallest absolute Gasteiger partial charge is 0.249 e. The molecule has 0 aromatic heterocycles. The molecular formula is C17H30N2O2. The Hall–Kier alpha value is -1.06. The predicted octanol–water partition coefficient (Wildman–Crippen LogP) is 3.01. The van der Waals surface area contributed by atoms with Gasteiger partial charge in [0.1, 0.15) is 11.6 Å². The molecule has 21 heavy (non-hydrogen) atoms. The number of carbonyl (C=O) groups excluding carboxylic acids is 2. The van der Waals surface area contributed by atoms with Gasteiger partial charge in [-0.15, -0.1) is 0 Å². The molecule has 2 amide bonds. The fourth-order valence-corrected chi connectivity index (χ4v) is 4.03. The van der Waals surface area contributed by atoms with Crippen molar-refractivity contribution < 1.29 is 9.59 Å². The van der Waals surface area contributed by atoms with Crippen molar-refractivity contribution in [2.75, 3.05) is 0 Å². The molecule has 0 aromatic rings. The molecular weight excluding hydrogens is 264 g/mol. The molecule has 1 unspecified atom stereocenters. The molecule has 4 nitrogen and oxygen atoms in total. The maximum absolute atomic E-state index is 13.2. The Balaban J connectivity index is 2.32. The Bertz CT molecular complexity index is 384. The molecule has 0 radical (unpaired) electrons. The van der Waals surface area contributed by atoms with Gasteiger partial charge in [0, 0.05) is 6.04 Å². The van der Waals surface area contributed by atoms with Crippen LogP contribution in [0.15, 0.2) is 0 Å². The highest BCUT2D eigenvalue weighted by Crippen LogP contribution is 2.35. The van der Waals surface area contributed by atoms with Crippen molar-refractivity contribution in [1.82, 2.24) is 10.2 Å². The first-order valence-corrected chi connectivity index (χ1v) is 8.74. The molecule has 1 saturated heterocycles. The van der Waals surface area contributed by atoms with Crippen molar-refractivity contribution in [1.29, 1.82) is 0 Å². The largest absolute Gasteiger partial charge is 0.340 e. The van der Waals surface area contributed by atoms with Crippen LogP contribution in [-0.2, 0) is 9.59 Å². The second kappa shape index (κ2) is 6.80. The summed E-state index contributed by atoms with van der Waals surface area (Å²) in [4.78, 5) is 27.8. The summed E-state index contributed by atoms with van der Waals surface area (Å²) in [5, 5.41) is 3.12. The Morgan fingerprint density at radius 1 is 1.14 bits per heavy atom. The van der Waals surface area contributed by atoms with Gasteiger partial charge in [-0.05, 0) is 32.1 Å². The van der Waals surface area contributed by atoms with Crippen LogP contribution >= 0.6 is 0 Å². The average Bonchev–Trinajstić information content (AvgIpc) is 2.49. The first kappa shape index (κ1) is 16.3. The minimum atomic E-state index is -0.595. The summed E-state index contributed by atoms with van der Waals surface area (Å²) < 4.78 is 0. The third-order valence-corrected chi connectivity index (χ3v) is 5.25. The standard InChI is InChI=1S/C17H30N2O2/c1-4-10-14-15(20)18-17(11-8-7-9-12-17)16(21)19(14)13(5-2)6-3/h13-14H,4-12H2,1-3H3,(H,18,20). The second-order valence-electron chi connectivity index (χ2n) is 6.62. The van der Waals surface area contributed by atoms with Gasteiger partial charge in [0.15, 0.2) is 0 Å². The van der Waals surface area contributed by atoms with Gasteiger partial charge in [-0.3, -0.25) is 9.59 Å². The van der Waals surface area contributed by atoms with E-state index in [0.29, 0.717) is 0 Å². The lowest BCUT2D eigenvalue weighted by molar-refractivity contribution is -0.160. The van der Waals surface area contributed by atoms with E-state index in [1.54, 1.807) is 0 Å². The van der Waals surface area contributed by atoms with Crippen molar-refractivity contribution in [3.63, 3.8) is 0 Å². The number of nitrogens with zero attached hydrogens (tertiary/aromatic N) is 1. The summed E-state index contributed by atoms with van der Waals surface area (Å²) in [7, 11) is 0. The lowest BCUT2D eigenvalue weighted by atomic mass is 9.77. The highest BCUT2D eigenvalue weighted by molar-refractivity contribution is 6.00. The average molecular weight is 294 g/mol. The van der Waals surface area contributed by atoms with Crippen molar-refractivity contribution in [2.24, 2.45) is 0 Å². The van der Waals surface area contributed by atoms with Crippen LogP contribution in [-0.4, -0.2) is 34.3 Å². The van der Waals surface area contributed by atoms with Crippen LogP contribution < -0.4 is 5.32 Å². The zero-order chi connectivity index (χ0) is 15.5. The number of amides is 2. The molecule has 2 aliphatic rings. The van der Waals surface area contributed by atoms with Crippen molar-refractivity contribution in [3.05, 3.63) is 0 Å². The molecule has 1 aliphatic heterocycles. The number of nitrogens with one attached hydrogen (secondary N) is 1. The van der Waals surface area contributed by atoms with Gasteiger partial charge in [-0.25, -0.2) is 0 Å². The highest BCUT2D eigenvalue weighted by Gasteiger charge is 2.51. The van der Waals surface area contributed by atoms with E-state index < -0.39 is 5.54 Å². The van der Waals surface area contributed by atoms with Gasteiger partial charge in [0.25, 0.3) is 0 Å². The molecule has 2 rings (SSSR count). The molecule has 2 fully saturated rings. The number of rotatable bonds is 5. The minimum absolute atomic E-state index is 0.0743. The lowest BCUT2D eigenvalue weighted by Gasteiger charge is -2.50. The van der Waals surface area contributed by atoms with Gasteiger partial charge in [0.05, 0.1) is 0 Å². The zero-order valence-electron chi connectivity index (χ0n) is 13.8. The summed E-state index contributed by atoms with van der Waals surface area (Å²) in [5.41, 5.74) is -0.595. The van der Waals surface area contributed by atoms with Gasteiger partial charge < -0.3 is 10.2 Å². The van der Waals surface area contributed by atoms with E-state index in [0.717, 1.165) is 51.4 Å². The SMILES string of the molecule is CCCC1C(=O)NC2(CCCCC2)C(=O)N1C(CC)CC. The topological polar surface area (TPSA) is 49.4 Å². The summed E-state index contributed by atoms with van der Waals surface area (Å²) in [6.45, 7) is 6.31. The maximum Gasteiger partial charge on any atom is 0.249 e. The van der Waals surface area contributed by atoms with Crippen molar-refractivity contribution >= 4 is 11.8 Å². The molecule has 1 heterocycles. The summed E-state index contributed by atoms with van der Waals surface area (Å²) in [6, 6.07) is -0.0705. The van der Waals surface area contributed by atoms with Gasteiger partial charge >= 0.3 is 0 Å². The number of piperazine rings is 1. The molecule has 0 bridgehead atoms. The third-order valence-electron chi connectivity index (χ3n) is 5.25. The lowest BCUT2D eigenvalue weighted by Crippen LogP contribution is -2.72. The van der Waals surface area contributed by atoms with Crippen LogP contribution in [0.1, 0.15) is 78.6 Å². The molecule has 1 N–H and O–H groups in total. The van der Waals surface area contributed by atoms with E-state index in [2.05, 4.69) is 26.1 Å². The fraction of sp³-hybridized carbons (Fsp3) is 0.882. The van der Waals surface area contributed by atoms with E-state index in [9.17, 15) is 9.59 Å². The Morgan fingerprint density at radius 3 is 2.29 bits per heavy atom. The summed E-state index contributed by atoms with van der Waals surface area (Å²) in [6.07, 6.45) is 8.42. The number of carbonyl (C=O) groups is 2. The van der Waals surface area contributed by atoms with Crippen LogP contribution in [0.2, 0.25) is 0 Å². The van der Waals surface area contributed by atoms with Gasteiger partial charge in [-0.1, -0.05) is 46.5 Å². The molecule has 1 aliphatic carbocycles. The predicted molar refractivity (Wildman–Crippen MR) is 83.9 cm³/mol. The summed E-state index contributed by atoms with van der Waals surface area (Å²) >= 11 is 0. The normalized spacial score (nSPS) is 25.5. The Kier molecular flexibility index (Phi) is 5.28. The molecule has 1 saturated carbocycles. The Labute approximate surface area is 128 Å². The number of hydrogen-bond acceptors (Lipinski definition) is 2. The monoisotopic (exact) mass is 294 g/mol. The minimum Gasteiger partial charge on any atom is -0.340 e. The first-order valence-electron chi connectivity index (χ1n) is 8.74. The van der Waals surface area contributed by atoms with E-state index in [1.165, 1.54) is 6.42 Å². The van der Waals surface area contributed by atoms with Crippen LogP contribution in [0, 0.1) is 0 Å². The molecule has 4 heteroatoms. The molecule has 1 spiro atoms. The maximum atomic E-state index is 13.2. The van der Waals surface area contributed by atoms with Crippen LogP contribution in [0.4, 0.5) is 0 Å².